The van der Waals surface area contributed by atoms with Gasteiger partial charge in [0.1, 0.15) is 0 Å². The maximum absolute atomic E-state index is 4.28. The molecule has 1 N–H and O–H groups in total. The summed E-state index contributed by atoms with van der Waals surface area (Å²) >= 11 is 0. The van der Waals surface area contributed by atoms with Crippen molar-refractivity contribution in [2.45, 2.75) is 83.2 Å². The first kappa shape index (κ1) is 16.0. The van der Waals surface area contributed by atoms with Gasteiger partial charge < -0.3 is 5.32 Å². The molecule has 0 aromatic heterocycles. The first-order valence-corrected chi connectivity index (χ1v) is 8.88. The number of piperidine rings is 1. The molecule has 0 aromatic rings. The van der Waals surface area contributed by atoms with Crippen LogP contribution in [0.2, 0.25) is 0 Å². The Morgan fingerprint density at radius 3 is 2.30 bits per heavy atom. The summed E-state index contributed by atoms with van der Waals surface area (Å²) in [5, 5.41) is 3.83. The van der Waals surface area contributed by atoms with E-state index in [2.05, 4.69) is 30.6 Å². The number of rotatable bonds is 7. The third-order valence-electron chi connectivity index (χ3n) is 5.55. The van der Waals surface area contributed by atoms with Gasteiger partial charge in [-0.05, 0) is 58.2 Å². The first-order chi connectivity index (χ1) is 9.73. The van der Waals surface area contributed by atoms with E-state index in [1.54, 1.807) is 0 Å². The van der Waals surface area contributed by atoms with Gasteiger partial charge in [-0.3, -0.25) is 4.90 Å². The van der Waals surface area contributed by atoms with E-state index in [4.69, 9.17) is 0 Å². The fraction of sp³-hybridized carbons (Fsp3) is 0.889. The van der Waals surface area contributed by atoms with E-state index in [-0.39, 0.29) is 0 Å². The largest absolute Gasteiger partial charge is 0.312 e. The monoisotopic (exact) mass is 278 g/mol. The van der Waals surface area contributed by atoms with Gasteiger partial charge in [0.25, 0.3) is 0 Å². The Kier molecular flexibility index (Phi) is 6.10. The molecule has 0 radical (unpaired) electrons. The average molecular weight is 278 g/mol. The number of likely N-dealkylation sites (N-methyl/N-ethyl adjacent to an activating group) is 1. The predicted octanol–water partition coefficient (Wildman–Crippen LogP) is 4.12. The van der Waals surface area contributed by atoms with E-state index in [1.165, 1.54) is 70.0 Å². The summed E-state index contributed by atoms with van der Waals surface area (Å²) in [7, 11) is 0. The summed E-state index contributed by atoms with van der Waals surface area (Å²) in [5.41, 5.74) is 1.84. The highest BCUT2D eigenvalue weighted by Gasteiger charge is 2.45. The lowest BCUT2D eigenvalue weighted by molar-refractivity contribution is 0.0370. The molecule has 1 heterocycles. The van der Waals surface area contributed by atoms with E-state index >= 15 is 0 Å². The molecular formula is C18H34N2. The molecule has 2 nitrogen and oxygen atoms in total. The normalized spacial score (nSPS) is 24.7. The number of hydrogen-bond donors (Lipinski definition) is 1. The Morgan fingerprint density at radius 2 is 1.75 bits per heavy atom. The van der Waals surface area contributed by atoms with Crippen molar-refractivity contribution >= 4 is 0 Å². The zero-order valence-corrected chi connectivity index (χ0v) is 13.7. The fourth-order valence-electron chi connectivity index (χ4n) is 4.34. The highest BCUT2D eigenvalue weighted by atomic mass is 15.2. The SMILES string of the molecule is C=C(CC)CC(NCC)C1(N2CCCCC2)CCCC1. The molecule has 20 heavy (non-hydrogen) atoms. The van der Waals surface area contributed by atoms with Crippen LogP contribution >= 0.6 is 0 Å². The number of hydrogen-bond acceptors (Lipinski definition) is 2. The summed E-state index contributed by atoms with van der Waals surface area (Å²) < 4.78 is 0. The molecule has 2 aliphatic rings. The van der Waals surface area contributed by atoms with Gasteiger partial charge in [0.2, 0.25) is 0 Å². The molecule has 1 atom stereocenters. The van der Waals surface area contributed by atoms with Crippen LogP contribution in [0.5, 0.6) is 0 Å². The van der Waals surface area contributed by atoms with E-state index in [9.17, 15) is 0 Å². The second-order valence-electron chi connectivity index (χ2n) is 6.78. The van der Waals surface area contributed by atoms with Crippen molar-refractivity contribution in [3.8, 4) is 0 Å². The van der Waals surface area contributed by atoms with Crippen LogP contribution < -0.4 is 5.32 Å². The lowest BCUT2D eigenvalue weighted by Gasteiger charge is -2.49. The number of nitrogens with zero attached hydrogens (tertiary/aromatic N) is 1. The molecule has 1 aliphatic heterocycles. The molecule has 0 aromatic carbocycles. The zero-order valence-electron chi connectivity index (χ0n) is 13.7. The second kappa shape index (κ2) is 7.61. The Labute approximate surface area is 126 Å². The van der Waals surface area contributed by atoms with Gasteiger partial charge in [0, 0.05) is 11.6 Å². The molecule has 1 saturated carbocycles. The van der Waals surface area contributed by atoms with Crippen LogP contribution in [0.25, 0.3) is 0 Å². The van der Waals surface area contributed by atoms with Crippen molar-refractivity contribution in [3.63, 3.8) is 0 Å². The number of likely N-dealkylation sites (tertiary alicyclic amines) is 1. The molecule has 2 rings (SSSR count). The van der Waals surface area contributed by atoms with Gasteiger partial charge >= 0.3 is 0 Å². The topological polar surface area (TPSA) is 15.3 Å². The van der Waals surface area contributed by atoms with Crippen molar-refractivity contribution in [2.24, 2.45) is 0 Å². The van der Waals surface area contributed by atoms with E-state index in [1.807, 2.05) is 0 Å². The second-order valence-corrected chi connectivity index (χ2v) is 6.78. The molecule has 0 amide bonds. The molecule has 2 fully saturated rings. The predicted molar refractivity (Wildman–Crippen MR) is 88.1 cm³/mol. The fourth-order valence-corrected chi connectivity index (χ4v) is 4.34. The first-order valence-electron chi connectivity index (χ1n) is 8.88. The third kappa shape index (κ3) is 3.46. The average Bonchev–Trinajstić information content (AvgIpc) is 2.98. The van der Waals surface area contributed by atoms with Crippen LogP contribution in [0.4, 0.5) is 0 Å². The van der Waals surface area contributed by atoms with Gasteiger partial charge in [-0.15, -0.1) is 0 Å². The molecule has 1 saturated heterocycles. The van der Waals surface area contributed by atoms with Gasteiger partial charge in [0.05, 0.1) is 0 Å². The quantitative estimate of drug-likeness (QED) is 0.705. The molecule has 0 bridgehead atoms. The standard InChI is InChI=1S/C18H34N2/c1-4-16(3)15-17(19-5-2)18(11-7-8-12-18)20-13-9-6-10-14-20/h17,19H,3-15H2,1-2H3. The van der Waals surface area contributed by atoms with Gasteiger partial charge in [-0.1, -0.05) is 45.3 Å². The molecule has 1 unspecified atom stereocenters. The van der Waals surface area contributed by atoms with Gasteiger partial charge in [-0.25, -0.2) is 0 Å². The van der Waals surface area contributed by atoms with Crippen LogP contribution in [0.1, 0.15) is 71.6 Å². The van der Waals surface area contributed by atoms with Crippen molar-refractivity contribution in [1.82, 2.24) is 10.2 Å². The van der Waals surface area contributed by atoms with Gasteiger partial charge in [-0.2, -0.15) is 0 Å². The summed E-state index contributed by atoms with van der Waals surface area (Å²) in [4.78, 5) is 2.85. The minimum absolute atomic E-state index is 0.425. The van der Waals surface area contributed by atoms with Crippen LogP contribution in [-0.4, -0.2) is 36.1 Å². The van der Waals surface area contributed by atoms with Gasteiger partial charge in [0.15, 0.2) is 0 Å². The minimum Gasteiger partial charge on any atom is -0.312 e. The summed E-state index contributed by atoms with van der Waals surface area (Å²) in [6, 6.07) is 0.612. The Morgan fingerprint density at radius 1 is 1.10 bits per heavy atom. The highest BCUT2D eigenvalue weighted by molar-refractivity contribution is 5.09. The number of nitrogens with one attached hydrogen (secondary N) is 1. The maximum atomic E-state index is 4.28. The lowest BCUT2D eigenvalue weighted by Crippen LogP contribution is -2.61. The smallest absolute Gasteiger partial charge is 0.0365 e. The van der Waals surface area contributed by atoms with Crippen molar-refractivity contribution < 1.29 is 0 Å². The van der Waals surface area contributed by atoms with Crippen molar-refractivity contribution in [1.29, 1.82) is 0 Å². The highest BCUT2D eigenvalue weighted by Crippen LogP contribution is 2.41. The molecular weight excluding hydrogens is 244 g/mol. The van der Waals surface area contributed by atoms with E-state index < -0.39 is 0 Å². The maximum Gasteiger partial charge on any atom is 0.0365 e. The molecule has 1 aliphatic carbocycles. The third-order valence-corrected chi connectivity index (χ3v) is 5.55. The lowest BCUT2D eigenvalue weighted by atomic mass is 9.81. The molecule has 2 heteroatoms. The summed E-state index contributed by atoms with van der Waals surface area (Å²) in [6.07, 6.45) is 12.1. The minimum atomic E-state index is 0.425. The summed E-state index contributed by atoms with van der Waals surface area (Å²) in [6.45, 7) is 12.5. The summed E-state index contributed by atoms with van der Waals surface area (Å²) in [5.74, 6) is 0. The van der Waals surface area contributed by atoms with E-state index in [0.29, 0.717) is 11.6 Å². The van der Waals surface area contributed by atoms with Crippen LogP contribution in [0.3, 0.4) is 0 Å². The van der Waals surface area contributed by atoms with Crippen molar-refractivity contribution in [3.05, 3.63) is 12.2 Å². The van der Waals surface area contributed by atoms with Crippen molar-refractivity contribution in [2.75, 3.05) is 19.6 Å². The zero-order chi connectivity index (χ0) is 14.4. The van der Waals surface area contributed by atoms with Crippen LogP contribution in [0.15, 0.2) is 12.2 Å². The Hall–Kier alpha value is -0.340. The van der Waals surface area contributed by atoms with Crippen LogP contribution in [0, 0.1) is 0 Å². The molecule has 116 valence electrons. The van der Waals surface area contributed by atoms with E-state index in [0.717, 1.165) is 13.0 Å². The Bertz CT molecular complexity index is 299. The molecule has 0 spiro atoms. The Balaban J connectivity index is 2.15. The van der Waals surface area contributed by atoms with Crippen LogP contribution in [-0.2, 0) is 0 Å².